The second-order valence-corrected chi connectivity index (χ2v) is 7.71. The van der Waals surface area contributed by atoms with Crippen molar-refractivity contribution in [2.45, 2.75) is 20.8 Å². The van der Waals surface area contributed by atoms with Crippen molar-refractivity contribution in [3.63, 3.8) is 0 Å². The van der Waals surface area contributed by atoms with Crippen molar-refractivity contribution in [1.29, 1.82) is 0 Å². The Morgan fingerprint density at radius 1 is 1.22 bits per heavy atom. The highest BCUT2D eigenvalue weighted by Gasteiger charge is 2.23. The molecule has 0 saturated heterocycles. The van der Waals surface area contributed by atoms with E-state index < -0.39 is 17.7 Å². The number of ether oxygens (including phenoxy) is 1. The van der Waals surface area contributed by atoms with Gasteiger partial charge in [-0.2, -0.15) is 0 Å². The zero-order valence-electron chi connectivity index (χ0n) is 15.0. The number of benzene rings is 1. The highest BCUT2D eigenvalue weighted by molar-refractivity contribution is 9.10. The van der Waals surface area contributed by atoms with Crippen molar-refractivity contribution in [3.05, 3.63) is 62.1 Å². The van der Waals surface area contributed by atoms with Crippen molar-refractivity contribution in [1.82, 2.24) is 0 Å². The van der Waals surface area contributed by atoms with Gasteiger partial charge in [-0.3, -0.25) is 4.79 Å². The molecule has 27 heavy (non-hydrogen) atoms. The van der Waals surface area contributed by atoms with Crippen LogP contribution in [0, 0.1) is 13.8 Å². The number of carboxylic acids is 1. The molecule has 2 aromatic rings. The van der Waals surface area contributed by atoms with Crippen molar-refractivity contribution in [2.75, 3.05) is 11.9 Å². The summed E-state index contributed by atoms with van der Waals surface area (Å²) in [6.07, 6.45) is 1.00. The van der Waals surface area contributed by atoms with Crippen LogP contribution in [0.15, 0.2) is 40.5 Å². The molecule has 0 atom stereocenters. The number of allylic oxidation sites excluding steroid dienone is 1. The Morgan fingerprint density at radius 3 is 2.41 bits per heavy atom. The molecule has 2 rings (SSSR count). The molecule has 0 aliphatic rings. The molecule has 0 aliphatic heterocycles. The van der Waals surface area contributed by atoms with E-state index in [1.54, 1.807) is 38.1 Å². The van der Waals surface area contributed by atoms with Gasteiger partial charge in [0.15, 0.2) is 5.78 Å². The van der Waals surface area contributed by atoms with Crippen molar-refractivity contribution >= 4 is 50.0 Å². The molecule has 0 aliphatic carbocycles. The van der Waals surface area contributed by atoms with E-state index in [4.69, 9.17) is 4.74 Å². The van der Waals surface area contributed by atoms with Crippen molar-refractivity contribution < 1.29 is 24.2 Å². The van der Waals surface area contributed by atoms with Crippen LogP contribution in [0.5, 0.6) is 0 Å². The summed E-state index contributed by atoms with van der Waals surface area (Å²) in [5, 5.41) is 12.5. The summed E-state index contributed by atoms with van der Waals surface area (Å²) >= 11 is 4.51. The normalized spacial score (nSPS) is 11.2. The number of hydrogen-bond donors (Lipinski definition) is 2. The number of aliphatic carboxylic acids is 1. The summed E-state index contributed by atoms with van der Waals surface area (Å²) in [6, 6.07) is 6.57. The highest BCUT2D eigenvalue weighted by atomic mass is 79.9. The van der Waals surface area contributed by atoms with Gasteiger partial charge in [0.2, 0.25) is 0 Å². The molecule has 0 amide bonds. The van der Waals surface area contributed by atoms with Crippen LogP contribution in [-0.4, -0.2) is 29.4 Å². The quantitative estimate of drug-likeness (QED) is 0.363. The van der Waals surface area contributed by atoms with Crippen LogP contribution in [0.2, 0.25) is 0 Å². The molecule has 142 valence electrons. The topological polar surface area (TPSA) is 92.7 Å². The number of thiophene rings is 1. The van der Waals surface area contributed by atoms with Crippen molar-refractivity contribution in [3.8, 4) is 0 Å². The van der Waals surface area contributed by atoms with Crippen LogP contribution in [0.3, 0.4) is 0 Å². The predicted molar refractivity (Wildman–Crippen MR) is 108 cm³/mol. The van der Waals surface area contributed by atoms with E-state index in [1.807, 2.05) is 6.92 Å². The van der Waals surface area contributed by atoms with Crippen LogP contribution < -0.4 is 5.32 Å². The average molecular weight is 452 g/mol. The first-order chi connectivity index (χ1) is 12.7. The van der Waals surface area contributed by atoms with E-state index in [2.05, 4.69) is 21.2 Å². The molecule has 2 N–H and O–H groups in total. The number of halogens is 1. The van der Waals surface area contributed by atoms with E-state index in [9.17, 15) is 19.5 Å². The Labute approximate surface area is 169 Å². The van der Waals surface area contributed by atoms with Crippen molar-refractivity contribution in [2.24, 2.45) is 0 Å². The number of carbonyl (C=O) groups excluding carboxylic acids is 2. The van der Waals surface area contributed by atoms with Gasteiger partial charge in [-0.1, -0.05) is 15.9 Å². The van der Waals surface area contributed by atoms with Gasteiger partial charge in [-0.05, 0) is 50.6 Å². The molecular formula is C19H18BrNO5S. The fourth-order valence-electron chi connectivity index (χ4n) is 2.27. The molecule has 6 nitrogen and oxygen atoms in total. The van der Waals surface area contributed by atoms with Gasteiger partial charge in [-0.25, -0.2) is 9.59 Å². The average Bonchev–Trinajstić information content (AvgIpc) is 2.89. The van der Waals surface area contributed by atoms with Gasteiger partial charge in [0.25, 0.3) is 0 Å². The molecule has 0 radical (unpaired) electrons. The maximum Gasteiger partial charge on any atom is 0.352 e. The molecule has 1 aromatic heterocycles. The largest absolute Gasteiger partial charge is 0.477 e. The number of hydrogen-bond acceptors (Lipinski definition) is 6. The minimum Gasteiger partial charge on any atom is -0.477 e. The molecule has 0 spiro atoms. The maximum absolute atomic E-state index is 12.4. The Hall–Kier alpha value is -2.45. The molecule has 0 saturated carbocycles. The summed E-state index contributed by atoms with van der Waals surface area (Å²) in [7, 11) is 0. The first-order valence-corrected chi connectivity index (χ1v) is 9.64. The van der Waals surface area contributed by atoms with Gasteiger partial charge in [0.1, 0.15) is 10.7 Å². The monoisotopic (exact) mass is 451 g/mol. The second-order valence-electron chi connectivity index (χ2n) is 5.57. The highest BCUT2D eigenvalue weighted by Crippen LogP contribution is 2.34. The Balaban J connectivity index is 2.38. The summed E-state index contributed by atoms with van der Waals surface area (Å²) in [6.45, 7) is 5.49. The lowest BCUT2D eigenvalue weighted by atomic mass is 10.1. The summed E-state index contributed by atoms with van der Waals surface area (Å²) in [5.41, 5.74) is 1.02. The minimum absolute atomic E-state index is 0.205. The van der Waals surface area contributed by atoms with Gasteiger partial charge in [0.05, 0.1) is 12.2 Å². The van der Waals surface area contributed by atoms with Crippen LogP contribution in [-0.2, 0) is 9.53 Å². The van der Waals surface area contributed by atoms with Crippen LogP contribution >= 0.6 is 27.3 Å². The van der Waals surface area contributed by atoms with E-state index >= 15 is 0 Å². The molecule has 0 bridgehead atoms. The SMILES string of the molecule is CCOC(=O)c1c(NC(=CC(=O)c2ccc(Br)cc2)C(=O)O)sc(C)c1C. The maximum atomic E-state index is 12.4. The van der Waals surface area contributed by atoms with E-state index in [1.165, 1.54) is 11.3 Å². The van der Waals surface area contributed by atoms with Crippen LogP contribution in [0.25, 0.3) is 0 Å². The van der Waals surface area contributed by atoms with Crippen LogP contribution in [0.1, 0.15) is 38.1 Å². The smallest absolute Gasteiger partial charge is 0.352 e. The molecule has 1 aromatic carbocycles. The number of anilines is 1. The fourth-order valence-corrected chi connectivity index (χ4v) is 3.59. The summed E-state index contributed by atoms with van der Waals surface area (Å²) < 4.78 is 5.86. The van der Waals surface area contributed by atoms with Gasteiger partial charge in [-0.15, -0.1) is 11.3 Å². The number of rotatable bonds is 7. The fraction of sp³-hybridized carbons (Fsp3) is 0.211. The zero-order chi connectivity index (χ0) is 20.1. The molecule has 0 unspecified atom stereocenters. The van der Waals surface area contributed by atoms with Gasteiger partial charge in [0, 0.05) is 21.0 Å². The first kappa shape index (κ1) is 20.9. The summed E-state index contributed by atoms with van der Waals surface area (Å²) in [5.74, 6) is -2.31. The number of esters is 1. The third-order valence-corrected chi connectivity index (χ3v) is 5.40. The summed E-state index contributed by atoms with van der Waals surface area (Å²) in [4.78, 5) is 37.1. The first-order valence-electron chi connectivity index (χ1n) is 8.03. The van der Waals surface area contributed by atoms with E-state index in [-0.39, 0.29) is 17.9 Å². The Bertz CT molecular complexity index is 915. The lowest BCUT2D eigenvalue weighted by molar-refractivity contribution is -0.132. The molecule has 0 fully saturated rings. The van der Waals surface area contributed by atoms with Gasteiger partial charge >= 0.3 is 11.9 Å². The molecule has 8 heteroatoms. The van der Waals surface area contributed by atoms with E-state index in [0.29, 0.717) is 16.1 Å². The minimum atomic E-state index is -1.31. The standard InChI is InChI=1S/C19H18BrNO5S/c1-4-26-19(25)16-10(2)11(3)27-17(16)21-14(18(23)24)9-15(22)12-5-7-13(20)8-6-12/h5-9,21H,4H2,1-3H3,(H,23,24). The van der Waals surface area contributed by atoms with Crippen LogP contribution in [0.4, 0.5) is 5.00 Å². The second kappa shape index (κ2) is 8.96. The number of aryl methyl sites for hydroxylation is 1. The Kier molecular flexibility index (Phi) is 6.92. The lowest BCUT2D eigenvalue weighted by Crippen LogP contribution is -2.15. The molecular weight excluding hydrogens is 434 g/mol. The zero-order valence-corrected chi connectivity index (χ0v) is 17.4. The Morgan fingerprint density at radius 2 is 1.85 bits per heavy atom. The number of carboxylic acid groups (broad SMARTS) is 1. The van der Waals surface area contributed by atoms with E-state index in [0.717, 1.165) is 15.4 Å². The third kappa shape index (κ3) is 5.05. The lowest BCUT2D eigenvalue weighted by Gasteiger charge is -2.08. The number of nitrogens with one attached hydrogen (secondary N) is 1. The predicted octanol–water partition coefficient (Wildman–Crippen LogP) is 4.57. The van der Waals surface area contributed by atoms with Gasteiger partial charge < -0.3 is 15.2 Å². The number of carbonyl (C=O) groups is 3. The molecule has 1 heterocycles. The number of ketones is 1. The third-order valence-electron chi connectivity index (χ3n) is 3.75.